The summed E-state index contributed by atoms with van der Waals surface area (Å²) < 4.78 is 0. The summed E-state index contributed by atoms with van der Waals surface area (Å²) in [5.41, 5.74) is 4.15. The number of allylic oxidation sites excluding steroid dienone is 2. The molecule has 0 radical (unpaired) electrons. The molecule has 0 saturated heterocycles. The van der Waals surface area contributed by atoms with E-state index in [1.54, 1.807) is 0 Å². The van der Waals surface area contributed by atoms with E-state index in [2.05, 4.69) is 75.4 Å². The van der Waals surface area contributed by atoms with E-state index in [4.69, 9.17) is 0 Å². The van der Waals surface area contributed by atoms with Crippen LogP contribution in [0.2, 0.25) is 0 Å². The van der Waals surface area contributed by atoms with Crippen LogP contribution in [-0.4, -0.2) is 5.78 Å². The maximum absolute atomic E-state index is 13.5. The minimum absolute atomic E-state index is 0.0358. The first-order chi connectivity index (χ1) is 12.4. The molecule has 0 aliphatic heterocycles. The molecule has 0 N–H and O–H groups in total. The fraction of sp³-hybridized carbons (Fsp3) is 0.320. The lowest BCUT2D eigenvalue weighted by Gasteiger charge is -2.33. The van der Waals surface area contributed by atoms with Gasteiger partial charge in [0.15, 0.2) is 5.78 Å². The third kappa shape index (κ3) is 2.49. The summed E-state index contributed by atoms with van der Waals surface area (Å²) in [6, 6.07) is 18.7. The van der Waals surface area contributed by atoms with Gasteiger partial charge in [-0.15, -0.1) is 0 Å². The predicted octanol–water partition coefficient (Wildman–Crippen LogP) is 6.10. The molecule has 1 nitrogen and oxygen atoms in total. The average molecular weight is 342 g/mol. The van der Waals surface area contributed by atoms with Gasteiger partial charge in [-0.05, 0) is 48.3 Å². The highest BCUT2D eigenvalue weighted by molar-refractivity contribution is 6.09. The van der Waals surface area contributed by atoms with E-state index in [1.165, 1.54) is 5.56 Å². The second-order valence-electron chi connectivity index (χ2n) is 8.37. The molecule has 2 fully saturated rings. The van der Waals surface area contributed by atoms with Crippen molar-refractivity contribution in [1.82, 2.24) is 0 Å². The Kier molecular flexibility index (Phi) is 3.99. The van der Waals surface area contributed by atoms with Gasteiger partial charge in [-0.3, -0.25) is 4.79 Å². The number of aryl methyl sites for hydroxylation is 1. The van der Waals surface area contributed by atoms with E-state index in [0.717, 1.165) is 29.5 Å². The van der Waals surface area contributed by atoms with Crippen LogP contribution >= 0.6 is 0 Å². The molecule has 2 bridgehead atoms. The van der Waals surface area contributed by atoms with Crippen molar-refractivity contribution in [3.8, 4) is 0 Å². The summed E-state index contributed by atoms with van der Waals surface area (Å²) in [4.78, 5) is 13.5. The molecule has 0 heterocycles. The largest absolute Gasteiger partial charge is 0.294 e. The summed E-state index contributed by atoms with van der Waals surface area (Å²) in [5, 5.41) is 0. The maximum atomic E-state index is 13.5. The normalized spacial score (nSPS) is 28.3. The van der Waals surface area contributed by atoms with Gasteiger partial charge in [0.1, 0.15) is 0 Å². The molecule has 4 rings (SSSR count). The lowest BCUT2D eigenvalue weighted by Crippen LogP contribution is -2.33. The SMILES string of the molecule is Cc1ccc(C=CC23CCC(C(=Cc4ccccc4)C2=O)C3(C)C)cc1. The number of carbonyl (C=O) groups is 1. The van der Waals surface area contributed by atoms with Crippen molar-refractivity contribution >= 4 is 17.9 Å². The number of fused-ring (bicyclic) bond motifs is 2. The van der Waals surface area contributed by atoms with Crippen molar-refractivity contribution in [3.63, 3.8) is 0 Å². The highest BCUT2D eigenvalue weighted by atomic mass is 16.1. The van der Waals surface area contributed by atoms with Gasteiger partial charge in [-0.1, -0.05) is 86.2 Å². The molecule has 2 atom stereocenters. The average Bonchev–Trinajstić information content (AvgIpc) is 2.98. The highest BCUT2D eigenvalue weighted by Gasteiger charge is 2.65. The predicted molar refractivity (Wildman–Crippen MR) is 109 cm³/mol. The molecule has 2 aromatic rings. The van der Waals surface area contributed by atoms with Gasteiger partial charge in [-0.2, -0.15) is 0 Å². The molecule has 132 valence electrons. The quantitative estimate of drug-likeness (QED) is 0.616. The fourth-order valence-electron chi connectivity index (χ4n) is 4.92. The van der Waals surface area contributed by atoms with Crippen LogP contribution in [0.5, 0.6) is 0 Å². The standard InChI is InChI=1S/C25H26O/c1-18-9-11-19(12-10-18)13-15-25-16-14-22(24(25,2)3)21(23(25)26)17-20-7-5-4-6-8-20/h4-13,15,17,22H,14,16H2,1-3H3. The minimum atomic E-state index is -0.372. The third-order valence-electron chi connectivity index (χ3n) is 6.65. The van der Waals surface area contributed by atoms with Gasteiger partial charge in [0, 0.05) is 5.57 Å². The number of ketones is 1. The lowest BCUT2D eigenvalue weighted by molar-refractivity contribution is -0.123. The zero-order chi connectivity index (χ0) is 18.4. The van der Waals surface area contributed by atoms with Gasteiger partial charge >= 0.3 is 0 Å². The first kappa shape index (κ1) is 17.0. The van der Waals surface area contributed by atoms with Gasteiger partial charge in [-0.25, -0.2) is 0 Å². The van der Waals surface area contributed by atoms with Crippen LogP contribution in [0.3, 0.4) is 0 Å². The molecular weight excluding hydrogens is 316 g/mol. The summed E-state index contributed by atoms with van der Waals surface area (Å²) in [6.45, 7) is 6.64. The Labute approximate surface area is 156 Å². The van der Waals surface area contributed by atoms with Gasteiger partial charge in [0.2, 0.25) is 0 Å². The van der Waals surface area contributed by atoms with E-state index in [-0.39, 0.29) is 10.8 Å². The number of hydrogen-bond acceptors (Lipinski definition) is 1. The highest BCUT2D eigenvalue weighted by Crippen LogP contribution is 2.66. The Morgan fingerprint density at radius 3 is 2.35 bits per heavy atom. The van der Waals surface area contributed by atoms with Crippen LogP contribution in [0.15, 0.2) is 66.2 Å². The number of benzene rings is 2. The second-order valence-corrected chi connectivity index (χ2v) is 8.37. The molecule has 0 aromatic heterocycles. The van der Waals surface area contributed by atoms with E-state index in [0.29, 0.717) is 11.7 Å². The Morgan fingerprint density at radius 1 is 0.962 bits per heavy atom. The van der Waals surface area contributed by atoms with E-state index < -0.39 is 0 Å². The van der Waals surface area contributed by atoms with Crippen LogP contribution in [0.25, 0.3) is 12.2 Å². The topological polar surface area (TPSA) is 17.1 Å². The van der Waals surface area contributed by atoms with Crippen molar-refractivity contribution in [2.75, 3.05) is 0 Å². The Hall–Kier alpha value is -2.41. The summed E-state index contributed by atoms with van der Waals surface area (Å²) in [7, 11) is 0. The van der Waals surface area contributed by atoms with Crippen LogP contribution in [-0.2, 0) is 4.79 Å². The number of carbonyl (C=O) groups excluding carboxylic acids is 1. The third-order valence-corrected chi connectivity index (χ3v) is 6.65. The Bertz CT molecular complexity index is 884. The van der Waals surface area contributed by atoms with E-state index >= 15 is 0 Å². The molecule has 26 heavy (non-hydrogen) atoms. The molecule has 2 aliphatic carbocycles. The zero-order valence-corrected chi connectivity index (χ0v) is 15.8. The van der Waals surface area contributed by atoms with Crippen molar-refractivity contribution < 1.29 is 4.79 Å². The molecular formula is C25H26O. The van der Waals surface area contributed by atoms with Gasteiger partial charge in [0.05, 0.1) is 5.41 Å². The van der Waals surface area contributed by atoms with Crippen molar-refractivity contribution in [1.29, 1.82) is 0 Å². The number of hydrogen-bond donors (Lipinski definition) is 0. The van der Waals surface area contributed by atoms with Crippen molar-refractivity contribution in [2.45, 2.75) is 33.6 Å². The molecule has 0 spiro atoms. The van der Waals surface area contributed by atoms with Gasteiger partial charge < -0.3 is 0 Å². The van der Waals surface area contributed by atoms with Crippen LogP contribution in [0.4, 0.5) is 0 Å². The number of rotatable bonds is 3. The molecule has 2 saturated carbocycles. The van der Waals surface area contributed by atoms with E-state index in [1.807, 2.05) is 18.2 Å². The van der Waals surface area contributed by atoms with Crippen molar-refractivity contribution in [2.24, 2.45) is 16.7 Å². The Morgan fingerprint density at radius 2 is 1.65 bits per heavy atom. The molecule has 0 amide bonds. The van der Waals surface area contributed by atoms with Crippen LogP contribution < -0.4 is 0 Å². The van der Waals surface area contributed by atoms with E-state index in [9.17, 15) is 4.79 Å². The fourth-order valence-corrected chi connectivity index (χ4v) is 4.92. The first-order valence-electron chi connectivity index (χ1n) is 9.51. The molecule has 1 heteroatoms. The van der Waals surface area contributed by atoms with Crippen LogP contribution in [0, 0.1) is 23.7 Å². The first-order valence-corrected chi connectivity index (χ1v) is 9.51. The number of Topliss-reactive ketones (excluding diaryl/α,β-unsaturated/α-hetero) is 1. The zero-order valence-electron chi connectivity index (χ0n) is 15.8. The Balaban J connectivity index is 1.72. The smallest absolute Gasteiger partial charge is 0.169 e. The monoisotopic (exact) mass is 342 g/mol. The van der Waals surface area contributed by atoms with Crippen molar-refractivity contribution in [3.05, 3.63) is 82.9 Å². The summed E-state index contributed by atoms with van der Waals surface area (Å²) >= 11 is 0. The van der Waals surface area contributed by atoms with Crippen LogP contribution in [0.1, 0.15) is 43.4 Å². The lowest BCUT2D eigenvalue weighted by atomic mass is 9.68. The summed E-state index contributed by atoms with van der Waals surface area (Å²) in [5.74, 6) is 0.670. The molecule has 2 aliphatic rings. The maximum Gasteiger partial charge on any atom is 0.169 e. The second kappa shape index (κ2) is 6.09. The molecule has 2 aromatic carbocycles. The molecule has 2 unspecified atom stereocenters. The minimum Gasteiger partial charge on any atom is -0.294 e. The summed E-state index contributed by atoms with van der Waals surface area (Å²) in [6.07, 6.45) is 8.52. The van der Waals surface area contributed by atoms with Gasteiger partial charge in [0.25, 0.3) is 0 Å².